The number of pyridine rings is 1. The van der Waals surface area contributed by atoms with Crippen molar-refractivity contribution in [2.45, 2.75) is 45.3 Å². The molecule has 146 valence electrons. The Morgan fingerprint density at radius 2 is 2.17 bits per heavy atom. The van der Waals surface area contributed by atoms with Gasteiger partial charge in [0.25, 0.3) is 0 Å². The van der Waals surface area contributed by atoms with E-state index in [-0.39, 0.29) is 12.1 Å². The lowest BCUT2D eigenvalue weighted by atomic mass is 10.0. The SMILES string of the molecule is [C-]#[N+]c1ccc2ncc3nc(Cc4cc(C)no4)n([C@@H]4CCO[C@H](C)C4)c3c2c1. The third-order valence-corrected chi connectivity index (χ3v) is 5.53. The van der Waals surface area contributed by atoms with Crippen LogP contribution in [0.4, 0.5) is 5.69 Å². The number of nitrogens with zero attached hydrogens (tertiary/aromatic N) is 5. The van der Waals surface area contributed by atoms with Gasteiger partial charge in [0, 0.05) is 24.1 Å². The number of imidazole rings is 1. The lowest BCUT2D eigenvalue weighted by Gasteiger charge is -2.30. The van der Waals surface area contributed by atoms with E-state index >= 15 is 0 Å². The highest BCUT2D eigenvalue weighted by Gasteiger charge is 2.26. The first-order valence-corrected chi connectivity index (χ1v) is 9.83. The van der Waals surface area contributed by atoms with Crippen molar-refractivity contribution in [3.63, 3.8) is 0 Å². The van der Waals surface area contributed by atoms with E-state index in [4.69, 9.17) is 20.8 Å². The molecule has 4 aromatic rings. The summed E-state index contributed by atoms with van der Waals surface area (Å²) in [6.07, 6.45) is 4.41. The Hall–Kier alpha value is -3.24. The molecular weight excluding hydrogens is 366 g/mol. The summed E-state index contributed by atoms with van der Waals surface area (Å²) in [4.78, 5) is 13.1. The fourth-order valence-corrected chi connectivity index (χ4v) is 4.26. The number of fused-ring (bicyclic) bond motifs is 3. The van der Waals surface area contributed by atoms with Crippen molar-refractivity contribution in [2.24, 2.45) is 0 Å². The van der Waals surface area contributed by atoms with Crippen LogP contribution in [-0.2, 0) is 11.2 Å². The Morgan fingerprint density at radius 3 is 2.93 bits per heavy atom. The fraction of sp³-hybridized carbons (Fsp3) is 0.364. The Bertz CT molecular complexity index is 1250. The summed E-state index contributed by atoms with van der Waals surface area (Å²) in [5.74, 6) is 1.72. The summed E-state index contributed by atoms with van der Waals surface area (Å²) in [6, 6.07) is 7.85. The molecule has 4 heterocycles. The van der Waals surface area contributed by atoms with Crippen molar-refractivity contribution in [1.82, 2.24) is 19.7 Å². The normalized spacial score (nSPS) is 19.6. The van der Waals surface area contributed by atoms with E-state index in [1.165, 1.54) is 0 Å². The summed E-state index contributed by atoms with van der Waals surface area (Å²) in [5.41, 5.74) is 4.20. The van der Waals surface area contributed by atoms with Gasteiger partial charge >= 0.3 is 0 Å². The number of ether oxygens (including phenoxy) is 1. The van der Waals surface area contributed by atoms with Gasteiger partial charge in [0.1, 0.15) is 17.1 Å². The van der Waals surface area contributed by atoms with Gasteiger partial charge in [-0.05, 0) is 38.8 Å². The van der Waals surface area contributed by atoms with Crippen LogP contribution in [0, 0.1) is 13.5 Å². The van der Waals surface area contributed by atoms with E-state index in [1.54, 1.807) is 0 Å². The molecule has 0 saturated carbocycles. The van der Waals surface area contributed by atoms with E-state index in [9.17, 15) is 0 Å². The number of rotatable bonds is 3. The molecule has 1 aromatic carbocycles. The first-order chi connectivity index (χ1) is 14.1. The molecule has 0 radical (unpaired) electrons. The molecule has 0 aliphatic carbocycles. The second kappa shape index (κ2) is 6.98. The van der Waals surface area contributed by atoms with Crippen molar-refractivity contribution in [2.75, 3.05) is 6.61 Å². The van der Waals surface area contributed by atoms with Crippen LogP contribution in [-0.4, -0.2) is 32.4 Å². The van der Waals surface area contributed by atoms with Crippen LogP contribution < -0.4 is 0 Å². The smallest absolute Gasteiger partial charge is 0.188 e. The summed E-state index contributed by atoms with van der Waals surface area (Å²) in [6.45, 7) is 12.2. The van der Waals surface area contributed by atoms with Crippen LogP contribution >= 0.6 is 0 Å². The molecule has 5 rings (SSSR count). The minimum Gasteiger partial charge on any atom is -0.378 e. The van der Waals surface area contributed by atoms with Crippen LogP contribution in [0.15, 0.2) is 35.0 Å². The average molecular weight is 387 g/mol. The van der Waals surface area contributed by atoms with Gasteiger partial charge in [0.2, 0.25) is 0 Å². The van der Waals surface area contributed by atoms with Crippen LogP contribution in [0.25, 0.3) is 26.8 Å². The maximum atomic E-state index is 7.41. The summed E-state index contributed by atoms with van der Waals surface area (Å²) < 4.78 is 13.6. The van der Waals surface area contributed by atoms with Crippen molar-refractivity contribution >= 4 is 27.6 Å². The van der Waals surface area contributed by atoms with Gasteiger partial charge in [-0.25, -0.2) is 9.83 Å². The first-order valence-electron chi connectivity index (χ1n) is 9.83. The number of aryl methyl sites for hydroxylation is 1. The highest BCUT2D eigenvalue weighted by molar-refractivity contribution is 6.03. The quantitative estimate of drug-likeness (QED) is 0.474. The third-order valence-electron chi connectivity index (χ3n) is 5.53. The van der Waals surface area contributed by atoms with Crippen LogP contribution in [0.1, 0.15) is 43.1 Å². The molecule has 7 nitrogen and oxygen atoms in total. The van der Waals surface area contributed by atoms with E-state index < -0.39 is 0 Å². The lowest BCUT2D eigenvalue weighted by Crippen LogP contribution is -2.26. The Kier molecular flexibility index (Phi) is 4.29. The van der Waals surface area contributed by atoms with Gasteiger partial charge in [0.15, 0.2) is 5.69 Å². The molecule has 29 heavy (non-hydrogen) atoms. The van der Waals surface area contributed by atoms with Crippen molar-refractivity contribution in [3.05, 3.63) is 59.2 Å². The van der Waals surface area contributed by atoms with Gasteiger partial charge in [0.05, 0.1) is 42.0 Å². The lowest BCUT2D eigenvalue weighted by molar-refractivity contribution is 0.00628. The molecule has 1 aliphatic rings. The van der Waals surface area contributed by atoms with Crippen LogP contribution in [0.5, 0.6) is 0 Å². The number of hydrogen-bond donors (Lipinski definition) is 0. The Labute approximate surface area is 168 Å². The van der Waals surface area contributed by atoms with Gasteiger partial charge in [-0.15, -0.1) is 0 Å². The van der Waals surface area contributed by atoms with Gasteiger partial charge in [-0.1, -0.05) is 11.2 Å². The zero-order valence-corrected chi connectivity index (χ0v) is 16.4. The minimum absolute atomic E-state index is 0.193. The molecule has 1 fully saturated rings. The van der Waals surface area contributed by atoms with Gasteiger partial charge in [-0.3, -0.25) is 4.98 Å². The molecule has 0 bridgehead atoms. The van der Waals surface area contributed by atoms with Crippen LogP contribution in [0.2, 0.25) is 0 Å². The molecule has 0 N–H and O–H groups in total. The molecule has 0 unspecified atom stereocenters. The van der Waals surface area contributed by atoms with E-state index in [1.807, 2.05) is 37.4 Å². The Morgan fingerprint density at radius 1 is 1.28 bits per heavy atom. The second-order valence-corrected chi connectivity index (χ2v) is 7.67. The monoisotopic (exact) mass is 387 g/mol. The standard InChI is InChI=1S/C22H21N5O2/c1-13-8-17(29-26-13)11-21-25-20-12-24-19-5-4-15(23-3)10-18(19)22(20)27(21)16-6-7-28-14(2)9-16/h4-5,8,10,12,14,16H,6-7,9,11H2,1-2H3/t14-,16-/m1/s1. The molecular formula is C22H21N5O2. The maximum absolute atomic E-state index is 7.41. The predicted octanol–water partition coefficient (Wildman–Crippen LogP) is 4.76. The first kappa shape index (κ1) is 17.8. The summed E-state index contributed by atoms with van der Waals surface area (Å²) >= 11 is 0. The Balaban J connectivity index is 1.75. The molecule has 1 saturated heterocycles. The van der Waals surface area contributed by atoms with Gasteiger partial charge in [-0.2, -0.15) is 0 Å². The molecule has 7 heteroatoms. The molecule has 0 spiro atoms. The average Bonchev–Trinajstić information content (AvgIpc) is 3.30. The van der Waals surface area contributed by atoms with Gasteiger partial charge < -0.3 is 13.8 Å². The van der Waals surface area contributed by atoms with Crippen LogP contribution in [0.3, 0.4) is 0 Å². The topological polar surface area (TPSA) is 70.3 Å². The minimum atomic E-state index is 0.193. The predicted molar refractivity (Wildman–Crippen MR) is 109 cm³/mol. The van der Waals surface area contributed by atoms with Crippen molar-refractivity contribution in [3.8, 4) is 0 Å². The third kappa shape index (κ3) is 3.15. The zero-order valence-electron chi connectivity index (χ0n) is 16.4. The molecule has 2 atom stereocenters. The second-order valence-electron chi connectivity index (χ2n) is 7.67. The van der Waals surface area contributed by atoms with Crippen molar-refractivity contribution in [1.29, 1.82) is 0 Å². The molecule has 3 aromatic heterocycles. The van der Waals surface area contributed by atoms with Crippen molar-refractivity contribution < 1.29 is 9.26 Å². The number of benzene rings is 1. The molecule has 1 aliphatic heterocycles. The number of aromatic nitrogens is 4. The molecule has 0 amide bonds. The zero-order chi connectivity index (χ0) is 20.0. The number of hydrogen-bond acceptors (Lipinski definition) is 5. The van der Waals surface area contributed by atoms with E-state index in [0.717, 1.165) is 58.7 Å². The van der Waals surface area contributed by atoms with E-state index in [0.29, 0.717) is 12.1 Å². The largest absolute Gasteiger partial charge is 0.378 e. The van der Waals surface area contributed by atoms with E-state index in [2.05, 4.69) is 26.5 Å². The summed E-state index contributed by atoms with van der Waals surface area (Å²) in [5, 5.41) is 4.98. The highest BCUT2D eigenvalue weighted by atomic mass is 16.5. The summed E-state index contributed by atoms with van der Waals surface area (Å²) in [7, 11) is 0. The fourth-order valence-electron chi connectivity index (χ4n) is 4.26. The maximum Gasteiger partial charge on any atom is 0.188 e. The highest BCUT2D eigenvalue weighted by Crippen LogP contribution is 2.35.